The Balaban J connectivity index is 2.84. The third kappa shape index (κ3) is 3.73. The van der Waals surface area contributed by atoms with Gasteiger partial charge in [0.2, 0.25) is 0 Å². The van der Waals surface area contributed by atoms with E-state index in [1.54, 1.807) is 0 Å². The molecule has 6 heteroatoms. The lowest BCUT2D eigenvalue weighted by molar-refractivity contribution is -0.141. The lowest BCUT2D eigenvalue weighted by Gasteiger charge is -2.21. The molecule has 0 fully saturated rings. The largest absolute Gasteiger partial charge is 0.435 e. The summed E-state index contributed by atoms with van der Waals surface area (Å²) in [5.74, 6) is 0.218. The molecule has 3 nitrogen and oxygen atoms in total. The summed E-state index contributed by atoms with van der Waals surface area (Å²) < 4.78 is 38.7. The van der Waals surface area contributed by atoms with E-state index in [9.17, 15) is 13.2 Å². The first-order valence-electron chi connectivity index (χ1n) is 5.69. The summed E-state index contributed by atoms with van der Waals surface area (Å²) in [6.45, 7) is 7.30. The monoisotopic (exact) mass is 249 g/mol. The molecular formula is C11H18F3N3. The normalized spacial score (nSPS) is 14.3. The molecule has 98 valence electrons. The van der Waals surface area contributed by atoms with E-state index in [1.807, 2.05) is 20.8 Å². The van der Waals surface area contributed by atoms with Crippen LogP contribution in [-0.2, 0) is 6.18 Å². The maximum atomic E-state index is 12.4. The molecule has 0 saturated heterocycles. The number of rotatable bonds is 5. The molecule has 0 aromatic carbocycles. The predicted octanol–water partition coefficient (Wildman–Crippen LogP) is 2.71. The zero-order chi connectivity index (χ0) is 13.1. The minimum atomic E-state index is -4.37. The summed E-state index contributed by atoms with van der Waals surface area (Å²) >= 11 is 0. The van der Waals surface area contributed by atoms with Gasteiger partial charge >= 0.3 is 6.18 Å². The highest BCUT2D eigenvalue weighted by molar-refractivity contribution is 5.04. The first kappa shape index (κ1) is 14.0. The topological polar surface area (TPSA) is 29.9 Å². The average molecular weight is 249 g/mol. The molecule has 0 saturated carbocycles. The zero-order valence-corrected chi connectivity index (χ0v) is 10.3. The number of aromatic nitrogens is 2. The van der Waals surface area contributed by atoms with Crippen LogP contribution in [0.25, 0.3) is 0 Å². The van der Waals surface area contributed by atoms with E-state index in [1.165, 1.54) is 10.9 Å². The van der Waals surface area contributed by atoms with E-state index in [4.69, 9.17) is 0 Å². The molecule has 1 aromatic rings. The minimum Gasteiger partial charge on any atom is -0.315 e. The van der Waals surface area contributed by atoms with E-state index >= 15 is 0 Å². The maximum Gasteiger partial charge on any atom is 0.435 e. The molecule has 0 aliphatic rings. The second-order valence-electron chi connectivity index (χ2n) is 4.30. The quantitative estimate of drug-likeness (QED) is 0.869. The first-order chi connectivity index (χ1) is 7.86. The standard InChI is InChI=1S/C11H18F3N3/c1-4-15-7-9(8(2)3)17-6-5-10(16-17)11(12,13)14/h5-6,8-9,15H,4,7H2,1-3H3. The molecule has 0 bridgehead atoms. The van der Waals surface area contributed by atoms with Crippen LogP contribution in [0.3, 0.4) is 0 Å². The Hall–Kier alpha value is -1.04. The molecule has 0 radical (unpaired) electrons. The summed E-state index contributed by atoms with van der Waals surface area (Å²) in [6.07, 6.45) is -2.98. The van der Waals surface area contributed by atoms with Gasteiger partial charge in [0.15, 0.2) is 5.69 Å². The van der Waals surface area contributed by atoms with Crippen LogP contribution < -0.4 is 5.32 Å². The fraction of sp³-hybridized carbons (Fsp3) is 0.727. The summed E-state index contributed by atoms with van der Waals surface area (Å²) in [4.78, 5) is 0. The van der Waals surface area contributed by atoms with E-state index < -0.39 is 11.9 Å². The van der Waals surface area contributed by atoms with Crippen LogP contribution in [-0.4, -0.2) is 22.9 Å². The molecular weight excluding hydrogens is 231 g/mol. The molecule has 1 unspecified atom stereocenters. The molecule has 1 N–H and O–H groups in total. The fourth-order valence-electron chi connectivity index (χ4n) is 1.60. The maximum absolute atomic E-state index is 12.4. The van der Waals surface area contributed by atoms with Crippen molar-refractivity contribution >= 4 is 0 Å². The second kappa shape index (κ2) is 5.53. The van der Waals surface area contributed by atoms with Crippen LogP contribution in [0.4, 0.5) is 13.2 Å². The molecule has 0 aliphatic carbocycles. The molecule has 0 amide bonds. The molecule has 1 heterocycles. The highest BCUT2D eigenvalue weighted by atomic mass is 19.4. The Morgan fingerprint density at radius 3 is 2.47 bits per heavy atom. The number of halogens is 3. The average Bonchev–Trinajstić information content (AvgIpc) is 2.66. The summed E-state index contributed by atoms with van der Waals surface area (Å²) in [5, 5.41) is 6.74. The van der Waals surface area contributed by atoms with Crippen LogP contribution >= 0.6 is 0 Å². The van der Waals surface area contributed by atoms with Gasteiger partial charge in [0.1, 0.15) is 0 Å². The van der Waals surface area contributed by atoms with Gasteiger partial charge in [-0.15, -0.1) is 0 Å². The lowest BCUT2D eigenvalue weighted by atomic mass is 10.1. The summed E-state index contributed by atoms with van der Waals surface area (Å²) in [7, 11) is 0. The van der Waals surface area contributed by atoms with E-state index in [2.05, 4.69) is 10.4 Å². The third-order valence-electron chi connectivity index (χ3n) is 2.61. The van der Waals surface area contributed by atoms with Gasteiger partial charge in [-0.2, -0.15) is 18.3 Å². The van der Waals surface area contributed by atoms with Crippen LogP contribution in [0.5, 0.6) is 0 Å². The molecule has 17 heavy (non-hydrogen) atoms. The second-order valence-corrected chi connectivity index (χ2v) is 4.30. The molecule has 0 aliphatic heterocycles. The predicted molar refractivity (Wildman–Crippen MR) is 59.6 cm³/mol. The summed E-state index contributed by atoms with van der Waals surface area (Å²) in [6, 6.07) is 0.951. The van der Waals surface area contributed by atoms with Gasteiger partial charge in [-0.3, -0.25) is 4.68 Å². The highest BCUT2D eigenvalue weighted by Gasteiger charge is 2.34. The molecule has 1 rings (SSSR count). The van der Waals surface area contributed by atoms with Crippen molar-refractivity contribution in [3.8, 4) is 0 Å². The van der Waals surface area contributed by atoms with Gasteiger partial charge < -0.3 is 5.32 Å². The highest BCUT2D eigenvalue weighted by Crippen LogP contribution is 2.28. The van der Waals surface area contributed by atoms with Gasteiger partial charge in [0.25, 0.3) is 0 Å². The van der Waals surface area contributed by atoms with Gasteiger partial charge in [-0.1, -0.05) is 20.8 Å². The Labute approximate surface area is 99.0 Å². The number of alkyl halides is 3. The van der Waals surface area contributed by atoms with Crippen molar-refractivity contribution in [1.82, 2.24) is 15.1 Å². The van der Waals surface area contributed by atoms with E-state index in [0.29, 0.717) is 6.54 Å². The smallest absolute Gasteiger partial charge is 0.315 e. The molecule has 1 aromatic heterocycles. The lowest BCUT2D eigenvalue weighted by Crippen LogP contribution is -2.29. The number of hydrogen-bond donors (Lipinski definition) is 1. The van der Waals surface area contributed by atoms with Gasteiger partial charge in [-0.25, -0.2) is 0 Å². The van der Waals surface area contributed by atoms with Crippen molar-refractivity contribution in [2.75, 3.05) is 13.1 Å². The van der Waals surface area contributed by atoms with Crippen LogP contribution in [0.15, 0.2) is 12.3 Å². The fourth-order valence-corrected chi connectivity index (χ4v) is 1.60. The van der Waals surface area contributed by atoms with Crippen molar-refractivity contribution in [3.05, 3.63) is 18.0 Å². The number of nitrogens with zero attached hydrogens (tertiary/aromatic N) is 2. The SMILES string of the molecule is CCNCC(C(C)C)n1ccc(C(F)(F)F)n1. The van der Waals surface area contributed by atoms with E-state index in [-0.39, 0.29) is 12.0 Å². The van der Waals surface area contributed by atoms with Gasteiger partial charge in [0.05, 0.1) is 6.04 Å². The Morgan fingerprint density at radius 1 is 1.41 bits per heavy atom. The number of hydrogen-bond acceptors (Lipinski definition) is 2. The first-order valence-corrected chi connectivity index (χ1v) is 5.69. The molecule has 0 spiro atoms. The molecule has 1 atom stereocenters. The number of likely N-dealkylation sites (N-methyl/N-ethyl adjacent to an activating group) is 1. The Kier molecular flexibility index (Phi) is 4.56. The van der Waals surface area contributed by atoms with Crippen LogP contribution in [0.1, 0.15) is 32.5 Å². The van der Waals surface area contributed by atoms with Crippen molar-refractivity contribution < 1.29 is 13.2 Å². The van der Waals surface area contributed by atoms with Crippen molar-refractivity contribution in [2.24, 2.45) is 5.92 Å². The van der Waals surface area contributed by atoms with Crippen LogP contribution in [0, 0.1) is 5.92 Å². The van der Waals surface area contributed by atoms with Crippen molar-refractivity contribution in [3.63, 3.8) is 0 Å². The van der Waals surface area contributed by atoms with Gasteiger partial charge in [0, 0.05) is 12.7 Å². The summed E-state index contributed by atoms with van der Waals surface area (Å²) in [5.41, 5.74) is -0.834. The van der Waals surface area contributed by atoms with Gasteiger partial charge in [-0.05, 0) is 18.5 Å². The van der Waals surface area contributed by atoms with E-state index in [0.717, 1.165) is 12.6 Å². The minimum absolute atomic E-state index is 0.0638. The van der Waals surface area contributed by atoms with Crippen LogP contribution in [0.2, 0.25) is 0 Å². The number of nitrogens with one attached hydrogen (secondary N) is 1. The van der Waals surface area contributed by atoms with Crippen molar-refractivity contribution in [2.45, 2.75) is 33.0 Å². The zero-order valence-electron chi connectivity index (χ0n) is 10.3. The van der Waals surface area contributed by atoms with Crippen molar-refractivity contribution in [1.29, 1.82) is 0 Å². The Morgan fingerprint density at radius 2 is 2.06 bits per heavy atom. The third-order valence-corrected chi connectivity index (χ3v) is 2.61. The Bertz CT molecular complexity index is 344.